The third kappa shape index (κ3) is 3.64. The van der Waals surface area contributed by atoms with Crippen molar-refractivity contribution in [1.82, 2.24) is 4.57 Å². The highest BCUT2D eigenvalue weighted by Crippen LogP contribution is 2.22. The molecule has 0 spiro atoms. The first kappa shape index (κ1) is 15.6. The normalized spacial score (nSPS) is 10.5. The first-order valence-corrected chi connectivity index (χ1v) is 7.43. The maximum atomic E-state index is 13.8. The molecule has 0 atom stereocenters. The molecule has 0 unspecified atom stereocenters. The maximum Gasteiger partial charge on any atom is 0.272 e. The smallest absolute Gasteiger partial charge is 0.272 e. The van der Waals surface area contributed by atoms with E-state index in [1.54, 1.807) is 19.1 Å². The highest BCUT2D eigenvalue weighted by atomic mass is 79.9. The minimum absolute atomic E-state index is 0.176. The van der Waals surface area contributed by atoms with Crippen LogP contribution in [0.2, 0.25) is 0 Å². The molecule has 112 valence electrons. The number of ether oxygens (including phenoxy) is 1. The average Bonchev–Trinajstić information content (AvgIpc) is 2.83. The molecule has 0 saturated carbocycles. The average molecular weight is 355 g/mol. The van der Waals surface area contributed by atoms with Gasteiger partial charge in [-0.3, -0.25) is 4.79 Å². The van der Waals surface area contributed by atoms with E-state index in [0.29, 0.717) is 24.5 Å². The summed E-state index contributed by atoms with van der Waals surface area (Å²) >= 11 is 3.34. The van der Waals surface area contributed by atoms with Crippen molar-refractivity contribution >= 4 is 27.5 Å². The van der Waals surface area contributed by atoms with Gasteiger partial charge in [0.25, 0.3) is 5.91 Å². The van der Waals surface area contributed by atoms with Gasteiger partial charge in [0, 0.05) is 29.0 Å². The topological polar surface area (TPSA) is 43.3 Å². The highest BCUT2D eigenvalue weighted by Gasteiger charge is 2.13. The summed E-state index contributed by atoms with van der Waals surface area (Å²) in [6, 6.07) is 6.09. The van der Waals surface area contributed by atoms with Gasteiger partial charge in [0.05, 0.1) is 6.61 Å². The number of benzene rings is 1. The van der Waals surface area contributed by atoms with Crippen molar-refractivity contribution in [3.8, 4) is 5.75 Å². The number of nitrogens with one attached hydrogen (secondary N) is 1. The summed E-state index contributed by atoms with van der Waals surface area (Å²) in [7, 11) is 0. The van der Waals surface area contributed by atoms with Crippen LogP contribution < -0.4 is 10.1 Å². The van der Waals surface area contributed by atoms with Crippen LogP contribution >= 0.6 is 15.9 Å². The van der Waals surface area contributed by atoms with Crippen LogP contribution in [0.5, 0.6) is 5.75 Å². The van der Waals surface area contributed by atoms with E-state index < -0.39 is 5.82 Å². The Morgan fingerprint density at radius 1 is 1.38 bits per heavy atom. The minimum atomic E-state index is -0.498. The first-order chi connectivity index (χ1) is 10.0. The summed E-state index contributed by atoms with van der Waals surface area (Å²) in [6.45, 7) is 4.79. The molecule has 0 aliphatic heterocycles. The number of hydrogen-bond acceptors (Lipinski definition) is 2. The van der Waals surface area contributed by atoms with Crippen molar-refractivity contribution in [3.63, 3.8) is 0 Å². The Morgan fingerprint density at radius 3 is 2.76 bits per heavy atom. The number of anilines is 1. The van der Waals surface area contributed by atoms with Crippen LogP contribution in [0.25, 0.3) is 0 Å². The van der Waals surface area contributed by atoms with E-state index in [0.717, 1.165) is 4.47 Å². The van der Waals surface area contributed by atoms with Crippen LogP contribution in [-0.4, -0.2) is 17.1 Å². The lowest BCUT2D eigenvalue weighted by molar-refractivity contribution is 0.101. The Hall–Kier alpha value is -1.82. The summed E-state index contributed by atoms with van der Waals surface area (Å²) in [5.74, 6) is -0.608. The molecule has 0 fully saturated rings. The summed E-state index contributed by atoms with van der Waals surface area (Å²) in [5, 5.41) is 2.68. The van der Waals surface area contributed by atoms with Crippen molar-refractivity contribution in [1.29, 1.82) is 0 Å². The van der Waals surface area contributed by atoms with Gasteiger partial charge in [-0.1, -0.05) is 0 Å². The van der Waals surface area contributed by atoms with Crippen LogP contribution in [0.1, 0.15) is 24.3 Å². The van der Waals surface area contributed by atoms with E-state index in [2.05, 4.69) is 21.2 Å². The largest absolute Gasteiger partial charge is 0.491 e. The predicted molar refractivity (Wildman–Crippen MR) is 83.3 cm³/mol. The number of carbonyl (C=O) groups excluding carboxylic acids is 1. The molecule has 1 N–H and O–H groups in total. The SMILES string of the molecule is CCOc1ccc(NC(=O)c2cc(Br)cn2CC)cc1F. The summed E-state index contributed by atoms with van der Waals surface area (Å²) in [6.07, 6.45) is 1.83. The Labute approximate surface area is 131 Å². The molecule has 0 aliphatic rings. The number of rotatable bonds is 5. The zero-order valence-electron chi connectivity index (χ0n) is 11.8. The molecule has 1 aromatic carbocycles. The second-order valence-electron chi connectivity index (χ2n) is 4.36. The minimum Gasteiger partial charge on any atom is -0.491 e. The third-order valence-corrected chi connectivity index (χ3v) is 3.36. The molecular formula is C15H16BrFN2O2. The molecule has 6 heteroatoms. The van der Waals surface area contributed by atoms with E-state index >= 15 is 0 Å². The van der Waals surface area contributed by atoms with Gasteiger partial charge in [0.1, 0.15) is 5.69 Å². The molecular weight excluding hydrogens is 339 g/mol. The quantitative estimate of drug-likeness (QED) is 0.879. The number of aryl methyl sites for hydroxylation is 1. The number of amides is 1. The van der Waals surface area contributed by atoms with E-state index in [9.17, 15) is 9.18 Å². The Morgan fingerprint density at radius 2 is 2.14 bits per heavy atom. The van der Waals surface area contributed by atoms with Crippen LogP contribution in [0.4, 0.5) is 10.1 Å². The monoisotopic (exact) mass is 354 g/mol. The van der Waals surface area contributed by atoms with Crippen LogP contribution in [0.3, 0.4) is 0 Å². The van der Waals surface area contributed by atoms with E-state index in [1.165, 1.54) is 12.1 Å². The summed E-state index contributed by atoms with van der Waals surface area (Å²) in [4.78, 5) is 12.2. The van der Waals surface area contributed by atoms with Gasteiger partial charge in [-0.05, 0) is 48.0 Å². The van der Waals surface area contributed by atoms with Crippen LogP contribution in [0, 0.1) is 5.82 Å². The van der Waals surface area contributed by atoms with Crippen molar-refractivity contribution in [2.75, 3.05) is 11.9 Å². The Balaban J connectivity index is 2.17. The zero-order chi connectivity index (χ0) is 15.4. The van der Waals surface area contributed by atoms with Gasteiger partial charge in [0.2, 0.25) is 0 Å². The fourth-order valence-corrected chi connectivity index (χ4v) is 2.44. The van der Waals surface area contributed by atoms with Gasteiger partial charge in [-0.15, -0.1) is 0 Å². The highest BCUT2D eigenvalue weighted by molar-refractivity contribution is 9.10. The maximum absolute atomic E-state index is 13.8. The summed E-state index contributed by atoms with van der Waals surface area (Å²) < 4.78 is 21.5. The van der Waals surface area contributed by atoms with Crippen molar-refractivity contribution in [3.05, 3.63) is 46.4 Å². The molecule has 1 heterocycles. The van der Waals surface area contributed by atoms with E-state index in [4.69, 9.17) is 4.74 Å². The zero-order valence-corrected chi connectivity index (χ0v) is 13.4. The Kier molecular flexibility index (Phi) is 5.01. The van der Waals surface area contributed by atoms with E-state index in [1.807, 2.05) is 17.7 Å². The molecule has 2 rings (SSSR count). The molecule has 4 nitrogen and oxygen atoms in total. The lowest BCUT2D eigenvalue weighted by atomic mass is 10.2. The van der Waals surface area contributed by atoms with Crippen molar-refractivity contribution in [2.24, 2.45) is 0 Å². The van der Waals surface area contributed by atoms with Crippen molar-refractivity contribution < 1.29 is 13.9 Å². The first-order valence-electron chi connectivity index (χ1n) is 6.64. The lowest BCUT2D eigenvalue weighted by Crippen LogP contribution is -2.16. The molecule has 0 saturated heterocycles. The summed E-state index contributed by atoms with van der Waals surface area (Å²) in [5.41, 5.74) is 0.902. The second kappa shape index (κ2) is 6.76. The molecule has 0 aliphatic carbocycles. The molecule has 0 radical (unpaired) electrons. The van der Waals surface area contributed by atoms with Crippen LogP contribution in [-0.2, 0) is 6.54 Å². The number of hydrogen-bond donors (Lipinski definition) is 1. The van der Waals surface area contributed by atoms with Gasteiger partial charge < -0.3 is 14.6 Å². The number of aromatic nitrogens is 1. The molecule has 2 aromatic rings. The fraction of sp³-hybridized carbons (Fsp3) is 0.267. The van der Waals surface area contributed by atoms with Gasteiger partial charge in [-0.25, -0.2) is 4.39 Å². The standard InChI is InChI=1S/C15H16BrFN2O2/c1-3-19-9-10(16)7-13(19)15(20)18-11-5-6-14(21-4-2)12(17)8-11/h5-9H,3-4H2,1-2H3,(H,18,20). The number of nitrogens with zero attached hydrogens (tertiary/aromatic N) is 1. The lowest BCUT2D eigenvalue weighted by Gasteiger charge is -2.09. The van der Waals surface area contributed by atoms with Crippen LogP contribution in [0.15, 0.2) is 34.9 Å². The molecule has 21 heavy (non-hydrogen) atoms. The third-order valence-electron chi connectivity index (χ3n) is 2.93. The van der Waals surface area contributed by atoms with Gasteiger partial charge >= 0.3 is 0 Å². The fourth-order valence-electron chi connectivity index (χ4n) is 1.97. The predicted octanol–water partition coefficient (Wildman–Crippen LogP) is 4.06. The molecule has 1 aromatic heterocycles. The number of halogens is 2. The molecule has 0 bridgehead atoms. The van der Waals surface area contributed by atoms with Gasteiger partial charge in [0.15, 0.2) is 11.6 Å². The number of carbonyl (C=O) groups is 1. The second-order valence-corrected chi connectivity index (χ2v) is 5.28. The van der Waals surface area contributed by atoms with Crippen molar-refractivity contribution in [2.45, 2.75) is 20.4 Å². The van der Waals surface area contributed by atoms with E-state index in [-0.39, 0.29) is 11.7 Å². The van der Waals surface area contributed by atoms with Gasteiger partial charge in [-0.2, -0.15) is 0 Å². The molecule has 1 amide bonds. The Bertz CT molecular complexity index is 655.